The maximum Gasteiger partial charge on any atom is 0.263 e. The van der Waals surface area contributed by atoms with Crippen molar-refractivity contribution in [2.24, 2.45) is 0 Å². The molecule has 0 bridgehead atoms. The molecule has 0 aliphatic heterocycles. The third-order valence-corrected chi connectivity index (χ3v) is 3.19. The smallest absolute Gasteiger partial charge is 0.263 e. The van der Waals surface area contributed by atoms with Crippen molar-refractivity contribution in [2.45, 2.75) is 0 Å². The summed E-state index contributed by atoms with van der Waals surface area (Å²) < 4.78 is 5.57. The summed E-state index contributed by atoms with van der Waals surface area (Å²) in [7, 11) is 0. The molecule has 0 radical (unpaired) electrons. The number of hydrogen-bond acceptors (Lipinski definition) is 4. The summed E-state index contributed by atoms with van der Waals surface area (Å²) in [5.41, 5.74) is 0.718. The van der Waals surface area contributed by atoms with E-state index in [0.717, 1.165) is 10.9 Å². The van der Waals surface area contributed by atoms with Gasteiger partial charge in [0.25, 0.3) is 5.91 Å². The molecule has 2 heterocycles. The number of ether oxygens (including phenoxy) is 1. The van der Waals surface area contributed by atoms with E-state index in [1.54, 1.807) is 48.8 Å². The molecule has 5 nitrogen and oxygen atoms in total. The number of anilines is 1. The molecule has 110 valence electrons. The predicted molar refractivity (Wildman–Crippen MR) is 85.1 cm³/mol. The van der Waals surface area contributed by atoms with Gasteiger partial charge in [-0.3, -0.25) is 9.78 Å². The lowest BCUT2D eigenvalue weighted by Crippen LogP contribution is -2.20. The average Bonchev–Trinajstić information content (AvgIpc) is 2.53. The van der Waals surface area contributed by atoms with Crippen molar-refractivity contribution in [3.8, 4) is 5.75 Å². The fourth-order valence-corrected chi connectivity index (χ4v) is 2.15. The second-order valence-corrected chi connectivity index (χ2v) is 4.96. The summed E-state index contributed by atoms with van der Waals surface area (Å²) in [6.07, 6.45) is 3.22. The van der Waals surface area contributed by atoms with Gasteiger partial charge < -0.3 is 10.1 Å². The number of hydrogen-bond donors (Lipinski definition) is 1. The highest BCUT2D eigenvalue weighted by Crippen LogP contribution is 2.26. The number of carbonyl (C=O) groups excluding carboxylic acids is 1. The first-order valence-electron chi connectivity index (χ1n) is 6.60. The highest BCUT2D eigenvalue weighted by molar-refractivity contribution is 6.31. The molecule has 3 aromatic rings. The Morgan fingerprint density at radius 1 is 1.14 bits per heavy atom. The van der Waals surface area contributed by atoms with Gasteiger partial charge >= 0.3 is 0 Å². The maximum atomic E-state index is 11.9. The third kappa shape index (κ3) is 3.32. The number of aromatic nitrogens is 2. The first-order valence-corrected chi connectivity index (χ1v) is 6.98. The van der Waals surface area contributed by atoms with Crippen molar-refractivity contribution in [3.63, 3.8) is 0 Å². The Morgan fingerprint density at radius 3 is 2.86 bits per heavy atom. The molecule has 0 aliphatic carbocycles. The molecule has 0 spiro atoms. The van der Waals surface area contributed by atoms with E-state index >= 15 is 0 Å². The Morgan fingerprint density at radius 2 is 2.05 bits per heavy atom. The van der Waals surface area contributed by atoms with E-state index in [0.29, 0.717) is 16.6 Å². The highest BCUT2D eigenvalue weighted by atomic mass is 35.5. The second-order valence-electron chi connectivity index (χ2n) is 4.52. The number of pyridine rings is 2. The lowest BCUT2D eigenvalue weighted by molar-refractivity contribution is -0.118. The van der Waals surface area contributed by atoms with Crippen molar-refractivity contribution >= 4 is 34.2 Å². The lowest BCUT2D eigenvalue weighted by atomic mass is 10.2. The molecule has 0 unspecified atom stereocenters. The van der Waals surface area contributed by atoms with Gasteiger partial charge in [-0.2, -0.15) is 0 Å². The minimum Gasteiger partial charge on any atom is -0.483 e. The molecule has 22 heavy (non-hydrogen) atoms. The molecule has 1 N–H and O–H groups in total. The predicted octanol–water partition coefficient (Wildman–Crippen LogP) is 3.30. The van der Waals surface area contributed by atoms with Gasteiger partial charge in [0.1, 0.15) is 11.6 Å². The van der Waals surface area contributed by atoms with E-state index in [-0.39, 0.29) is 12.5 Å². The number of carbonyl (C=O) groups is 1. The van der Waals surface area contributed by atoms with E-state index in [9.17, 15) is 4.79 Å². The SMILES string of the molecule is O=C(COc1ccnc2cc(Cl)ccc12)Nc1ccccn1. The fourth-order valence-electron chi connectivity index (χ4n) is 1.98. The molecule has 0 aliphatic rings. The quantitative estimate of drug-likeness (QED) is 0.802. The molecule has 0 atom stereocenters. The number of amides is 1. The van der Waals surface area contributed by atoms with Crippen LogP contribution >= 0.6 is 11.6 Å². The first-order chi connectivity index (χ1) is 10.7. The zero-order valence-electron chi connectivity index (χ0n) is 11.5. The van der Waals surface area contributed by atoms with Crippen molar-refractivity contribution in [1.29, 1.82) is 0 Å². The van der Waals surface area contributed by atoms with E-state index in [4.69, 9.17) is 16.3 Å². The number of benzene rings is 1. The van der Waals surface area contributed by atoms with Gasteiger partial charge in [-0.1, -0.05) is 17.7 Å². The minimum absolute atomic E-state index is 0.113. The van der Waals surface area contributed by atoms with Crippen LogP contribution in [0.3, 0.4) is 0 Å². The van der Waals surface area contributed by atoms with E-state index < -0.39 is 0 Å². The zero-order chi connectivity index (χ0) is 15.4. The monoisotopic (exact) mass is 313 g/mol. The standard InChI is InChI=1S/C16H12ClN3O2/c17-11-4-5-12-13(9-11)18-8-6-14(12)22-10-16(21)20-15-3-1-2-7-19-15/h1-9H,10H2,(H,19,20,21). The minimum atomic E-state index is -0.280. The summed E-state index contributed by atoms with van der Waals surface area (Å²) in [5, 5.41) is 4.06. The summed E-state index contributed by atoms with van der Waals surface area (Å²) in [4.78, 5) is 20.1. The summed E-state index contributed by atoms with van der Waals surface area (Å²) in [5.74, 6) is 0.790. The van der Waals surface area contributed by atoms with Crippen LogP contribution in [0.1, 0.15) is 0 Å². The molecular formula is C16H12ClN3O2. The van der Waals surface area contributed by atoms with Crippen molar-refractivity contribution < 1.29 is 9.53 Å². The molecule has 1 aromatic carbocycles. The van der Waals surface area contributed by atoms with Gasteiger partial charge in [-0.25, -0.2) is 4.98 Å². The van der Waals surface area contributed by atoms with E-state index in [2.05, 4.69) is 15.3 Å². The van der Waals surface area contributed by atoms with Crippen molar-refractivity contribution in [1.82, 2.24) is 9.97 Å². The maximum absolute atomic E-state index is 11.9. The van der Waals surface area contributed by atoms with Crippen LogP contribution < -0.4 is 10.1 Å². The normalized spacial score (nSPS) is 10.4. The molecule has 2 aromatic heterocycles. The summed E-state index contributed by atoms with van der Waals surface area (Å²) in [6.45, 7) is -0.113. The number of nitrogens with one attached hydrogen (secondary N) is 1. The molecular weight excluding hydrogens is 302 g/mol. The number of fused-ring (bicyclic) bond motifs is 1. The van der Waals surface area contributed by atoms with E-state index in [1.807, 2.05) is 6.07 Å². The number of rotatable bonds is 4. The molecule has 0 fully saturated rings. The van der Waals surface area contributed by atoms with Crippen molar-refractivity contribution in [2.75, 3.05) is 11.9 Å². The van der Waals surface area contributed by atoms with Crippen LogP contribution in [0.5, 0.6) is 5.75 Å². The Kier molecular flexibility index (Phi) is 4.16. The largest absolute Gasteiger partial charge is 0.483 e. The van der Waals surface area contributed by atoms with Crippen LogP contribution in [-0.2, 0) is 4.79 Å². The number of nitrogens with zero attached hydrogens (tertiary/aromatic N) is 2. The average molecular weight is 314 g/mol. The Hall–Kier alpha value is -2.66. The molecule has 0 saturated heterocycles. The molecule has 3 rings (SSSR count). The van der Waals surface area contributed by atoms with Gasteiger partial charge in [0.2, 0.25) is 0 Å². The van der Waals surface area contributed by atoms with Crippen LogP contribution in [0.2, 0.25) is 5.02 Å². The molecule has 0 saturated carbocycles. The molecule has 1 amide bonds. The van der Waals surface area contributed by atoms with Gasteiger partial charge in [-0.15, -0.1) is 0 Å². The van der Waals surface area contributed by atoms with E-state index in [1.165, 1.54) is 0 Å². The lowest BCUT2D eigenvalue weighted by Gasteiger charge is -2.09. The van der Waals surface area contributed by atoms with Crippen LogP contribution in [0.25, 0.3) is 10.9 Å². The Balaban J connectivity index is 1.70. The van der Waals surface area contributed by atoms with Gasteiger partial charge in [-0.05, 0) is 36.4 Å². The summed E-state index contributed by atoms with van der Waals surface area (Å²) >= 11 is 5.94. The third-order valence-electron chi connectivity index (χ3n) is 2.96. The topological polar surface area (TPSA) is 64.1 Å². The van der Waals surface area contributed by atoms with Crippen LogP contribution in [0.15, 0.2) is 54.9 Å². The number of halogens is 1. The molecule has 6 heteroatoms. The van der Waals surface area contributed by atoms with Gasteiger partial charge in [0.15, 0.2) is 6.61 Å². The zero-order valence-corrected chi connectivity index (χ0v) is 12.2. The highest BCUT2D eigenvalue weighted by Gasteiger charge is 2.07. The Labute approximate surface area is 131 Å². The second kappa shape index (κ2) is 6.41. The van der Waals surface area contributed by atoms with Gasteiger partial charge in [0, 0.05) is 22.8 Å². The van der Waals surface area contributed by atoms with Crippen LogP contribution in [-0.4, -0.2) is 22.5 Å². The van der Waals surface area contributed by atoms with Crippen LogP contribution in [0, 0.1) is 0 Å². The Bertz CT molecular complexity index is 809. The van der Waals surface area contributed by atoms with Crippen LogP contribution in [0.4, 0.5) is 5.82 Å². The first kappa shape index (κ1) is 14.3. The summed E-state index contributed by atoms with van der Waals surface area (Å²) in [6, 6.07) is 12.3. The fraction of sp³-hybridized carbons (Fsp3) is 0.0625. The van der Waals surface area contributed by atoms with Crippen molar-refractivity contribution in [3.05, 3.63) is 59.9 Å². The van der Waals surface area contributed by atoms with Gasteiger partial charge in [0.05, 0.1) is 5.52 Å².